The lowest BCUT2D eigenvalue weighted by molar-refractivity contribution is 0.132. The fraction of sp³-hybridized carbons (Fsp3) is 0.211. The van der Waals surface area contributed by atoms with Gasteiger partial charge in [-0.05, 0) is 25.1 Å². The summed E-state index contributed by atoms with van der Waals surface area (Å²) in [4.78, 5) is 0. The summed E-state index contributed by atoms with van der Waals surface area (Å²) < 4.78 is 4.00. The molecule has 0 fully saturated rings. The van der Waals surface area contributed by atoms with Crippen LogP contribution in [0.4, 0.5) is 0 Å². The Bertz CT molecular complexity index is 914. The lowest BCUT2D eigenvalue weighted by Gasteiger charge is -2.14. The number of aliphatic hydroxyl groups excluding tert-OH is 1. The fourth-order valence-corrected chi connectivity index (χ4v) is 3.25. The molecule has 0 spiro atoms. The maximum absolute atomic E-state index is 10.5. The van der Waals surface area contributed by atoms with Crippen LogP contribution in [-0.4, -0.2) is 25.6 Å². The van der Waals surface area contributed by atoms with E-state index in [1.807, 2.05) is 31.3 Å². The molecule has 1 N–H and O–H groups in total. The minimum Gasteiger partial charge on any atom is -0.389 e. The topological polar surface area (TPSA) is 43.0 Å². The highest BCUT2D eigenvalue weighted by Crippen LogP contribution is 2.28. The number of rotatable bonds is 4. The first-order valence-electron chi connectivity index (χ1n) is 7.86. The van der Waals surface area contributed by atoms with Crippen molar-refractivity contribution in [3.8, 4) is 0 Å². The highest BCUT2D eigenvalue weighted by atomic mass is 16.3. The zero-order valence-corrected chi connectivity index (χ0v) is 13.1. The van der Waals surface area contributed by atoms with Gasteiger partial charge in [0.15, 0.2) is 0 Å². The predicted octanol–water partition coefficient (Wildman–Crippen LogP) is 3.36. The van der Waals surface area contributed by atoms with Crippen LogP contribution in [0.15, 0.2) is 60.8 Å². The van der Waals surface area contributed by atoms with Gasteiger partial charge < -0.3 is 9.67 Å². The molecule has 4 aromatic rings. The van der Waals surface area contributed by atoms with E-state index in [0.717, 1.165) is 16.7 Å². The average Bonchev–Trinajstić information content (AvgIpc) is 3.10. The van der Waals surface area contributed by atoms with Gasteiger partial charge in [0.25, 0.3) is 0 Å². The van der Waals surface area contributed by atoms with E-state index < -0.39 is 6.10 Å². The molecule has 2 aromatic heterocycles. The molecule has 2 aromatic carbocycles. The van der Waals surface area contributed by atoms with Crippen LogP contribution in [0.1, 0.15) is 5.69 Å². The monoisotopic (exact) mass is 305 g/mol. The molecular weight excluding hydrogens is 286 g/mol. The third-order valence-corrected chi connectivity index (χ3v) is 4.24. The molecule has 4 nitrogen and oxygen atoms in total. The molecule has 1 unspecified atom stereocenters. The molecule has 0 saturated heterocycles. The van der Waals surface area contributed by atoms with E-state index in [9.17, 15) is 5.11 Å². The van der Waals surface area contributed by atoms with Crippen molar-refractivity contribution in [3.63, 3.8) is 0 Å². The first-order valence-corrected chi connectivity index (χ1v) is 7.86. The predicted molar refractivity (Wildman–Crippen MR) is 92.4 cm³/mol. The first kappa shape index (κ1) is 14.0. The van der Waals surface area contributed by atoms with Crippen LogP contribution in [0.2, 0.25) is 0 Å². The minimum absolute atomic E-state index is 0.492. The SMILES string of the molecule is Cc1ccn(CC(O)Cn2c3ccccc3c3ccccc32)n1. The maximum atomic E-state index is 10.5. The van der Waals surface area contributed by atoms with Crippen molar-refractivity contribution in [2.75, 3.05) is 0 Å². The van der Waals surface area contributed by atoms with Crippen molar-refractivity contribution < 1.29 is 5.11 Å². The zero-order chi connectivity index (χ0) is 15.8. The standard InChI is InChI=1S/C19H19N3O/c1-14-10-11-21(20-14)12-15(23)13-22-18-8-4-2-6-16(18)17-7-3-5-9-19(17)22/h2-11,15,23H,12-13H2,1H3. The van der Waals surface area contributed by atoms with Crippen molar-refractivity contribution in [2.24, 2.45) is 0 Å². The molecule has 0 aliphatic rings. The third-order valence-electron chi connectivity index (χ3n) is 4.24. The summed E-state index contributed by atoms with van der Waals surface area (Å²) in [5, 5.41) is 17.3. The van der Waals surface area contributed by atoms with E-state index >= 15 is 0 Å². The molecule has 0 bridgehead atoms. The van der Waals surface area contributed by atoms with Crippen molar-refractivity contribution in [3.05, 3.63) is 66.5 Å². The van der Waals surface area contributed by atoms with Gasteiger partial charge in [-0.15, -0.1) is 0 Å². The first-order chi connectivity index (χ1) is 11.2. The molecule has 0 radical (unpaired) electrons. The molecule has 1 atom stereocenters. The number of hydrogen-bond acceptors (Lipinski definition) is 2. The largest absolute Gasteiger partial charge is 0.389 e. The Morgan fingerprint density at radius 2 is 1.52 bits per heavy atom. The highest BCUT2D eigenvalue weighted by Gasteiger charge is 2.13. The molecule has 0 saturated carbocycles. The fourth-order valence-electron chi connectivity index (χ4n) is 3.25. The van der Waals surface area contributed by atoms with Gasteiger partial charge in [-0.3, -0.25) is 4.68 Å². The Labute approximate surface area is 134 Å². The lowest BCUT2D eigenvalue weighted by atomic mass is 10.2. The van der Waals surface area contributed by atoms with E-state index in [4.69, 9.17) is 0 Å². The quantitative estimate of drug-likeness (QED) is 0.628. The summed E-state index contributed by atoms with van der Waals surface area (Å²) in [7, 11) is 0. The molecule has 4 heteroatoms. The van der Waals surface area contributed by atoms with Crippen LogP contribution in [0.5, 0.6) is 0 Å². The lowest BCUT2D eigenvalue weighted by Crippen LogP contribution is -2.22. The van der Waals surface area contributed by atoms with Gasteiger partial charge in [0.1, 0.15) is 0 Å². The smallest absolute Gasteiger partial charge is 0.0914 e. The van der Waals surface area contributed by atoms with Crippen LogP contribution in [-0.2, 0) is 13.1 Å². The number of aliphatic hydroxyl groups is 1. The molecule has 23 heavy (non-hydrogen) atoms. The molecule has 116 valence electrons. The van der Waals surface area contributed by atoms with Gasteiger partial charge in [-0.25, -0.2) is 0 Å². The number of aromatic nitrogens is 3. The second kappa shape index (κ2) is 5.56. The second-order valence-corrected chi connectivity index (χ2v) is 5.98. The Kier molecular flexibility index (Phi) is 3.39. The summed E-state index contributed by atoms with van der Waals surface area (Å²) in [6.45, 7) is 3.00. The Morgan fingerprint density at radius 3 is 2.09 bits per heavy atom. The number of nitrogens with zero attached hydrogens (tertiary/aromatic N) is 3. The normalized spacial score (nSPS) is 13.0. The summed E-state index contributed by atoms with van der Waals surface area (Å²) in [5.41, 5.74) is 3.28. The van der Waals surface area contributed by atoms with Crippen LogP contribution >= 0.6 is 0 Å². The van der Waals surface area contributed by atoms with Crippen LogP contribution in [0.25, 0.3) is 21.8 Å². The van der Waals surface area contributed by atoms with E-state index in [1.54, 1.807) is 4.68 Å². The van der Waals surface area contributed by atoms with E-state index in [0.29, 0.717) is 13.1 Å². The highest BCUT2D eigenvalue weighted by molar-refractivity contribution is 6.07. The second-order valence-electron chi connectivity index (χ2n) is 5.98. The molecule has 0 aliphatic heterocycles. The summed E-state index contributed by atoms with van der Waals surface area (Å²) in [6, 6.07) is 18.6. The third kappa shape index (κ3) is 2.51. The van der Waals surface area contributed by atoms with Crippen molar-refractivity contribution in [2.45, 2.75) is 26.1 Å². The summed E-state index contributed by atoms with van der Waals surface area (Å²) in [5.74, 6) is 0. The van der Waals surface area contributed by atoms with Gasteiger partial charge in [-0.1, -0.05) is 36.4 Å². The Balaban J connectivity index is 1.72. The van der Waals surface area contributed by atoms with E-state index in [-0.39, 0.29) is 0 Å². The van der Waals surface area contributed by atoms with E-state index in [1.165, 1.54) is 10.8 Å². The van der Waals surface area contributed by atoms with Crippen LogP contribution in [0, 0.1) is 6.92 Å². The Hall–Kier alpha value is -2.59. The number of benzene rings is 2. The number of hydrogen-bond donors (Lipinski definition) is 1. The van der Waals surface area contributed by atoms with Gasteiger partial charge in [0.05, 0.1) is 24.9 Å². The van der Waals surface area contributed by atoms with Crippen LogP contribution < -0.4 is 0 Å². The molecular formula is C19H19N3O. The summed E-state index contributed by atoms with van der Waals surface area (Å²) >= 11 is 0. The number of para-hydroxylation sites is 2. The average molecular weight is 305 g/mol. The minimum atomic E-state index is -0.492. The zero-order valence-electron chi connectivity index (χ0n) is 13.1. The maximum Gasteiger partial charge on any atom is 0.0914 e. The van der Waals surface area contributed by atoms with Gasteiger partial charge in [0.2, 0.25) is 0 Å². The number of fused-ring (bicyclic) bond motifs is 3. The Morgan fingerprint density at radius 1 is 0.913 bits per heavy atom. The number of aryl methyl sites for hydroxylation is 1. The van der Waals surface area contributed by atoms with Crippen molar-refractivity contribution >= 4 is 21.8 Å². The van der Waals surface area contributed by atoms with Gasteiger partial charge in [-0.2, -0.15) is 5.10 Å². The van der Waals surface area contributed by atoms with Crippen molar-refractivity contribution in [1.82, 2.24) is 14.3 Å². The van der Waals surface area contributed by atoms with Crippen LogP contribution in [0.3, 0.4) is 0 Å². The van der Waals surface area contributed by atoms with Gasteiger partial charge >= 0.3 is 0 Å². The van der Waals surface area contributed by atoms with Crippen molar-refractivity contribution in [1.29, 1.82) is 0 Å². The molecule has 2 heterocycles. The molecule has 4 rings (SSSR count). The molecule has 0 amide bonds. The van der Waals surface area contributed by atoms with Gasteiger partial charge in [0, 0.05) is 28.0 Å². The summed E-state index contributed by atoms with van der Waals surface area (Å²) in [6.07, 6.45) is 1.42. The van der Waals surface area contributed by atoms with E-state index in [2.05, 4.69) is 46.1 Å². The molecule has 0 aliphatic carbocycles.